The van der Waals surface area contributed by atoms with Gasteiger partial charge in [-0.3, -0.25) is 4.90 Å². The standard InChI is InChI=1S/C24H36N2O/c1-2-10-24(27)20-25(17-21-11-5-3-6-12-21)19-23-15-9-16-26(23)18-22-13-7-4-8-14-22/h4,7-9,13-16,21,24,27H,2-3,5-6,10-12,17-20H2,1H3/t24-/m1/s1. The van der Waals surface area contributed by atoms with Crippen molar-refractivity contribution in [1.29, 1.82) is 0 Å². The first-order chi connectivity index (χ1) is 13.2. The number of hydrogen-bond acceptors (Lipinski definition) is 2. The minimum atomic E-state index is -0.212. The number of rotatable bonds is 10. The molecule has 1 aromatic carbocycles. The summed E-state index contributed by atoms with van der Waals surface area (Å²) in [5, 5.41) is 10.4. The first kappa shape index (κ1) is 20.2. The van der Waals surface area contributed by atoms with Crippen LogP contribution in [0.4, 0.5) is 0 Å². The molecule has 0 unspecified atom stereocenters. The molecule has 0 saturated heterocycles. The van der Waals surface area contributed by atoms with E-state index in [4.69, 9.17) is 0 Å². The van der Waals surface area contributed by atoms with Crippen molar-refractivity contribution in [1.82, 2.24) is 9.47 Å². The number of aliphatic hydroxyl groups excluding tert-OH is 1. The molecule has 1 fully saturated rings. The van der Waals surface area contributed by atoms with Gasteiger partial charge in [0.2, 0.25) is 0 Å². The molecular formula is C24H36N2O. The van der Waals surface area contributed by atoms with E-state index >= 15 is 0 Å². The molecule has 0 spiro atoms. The maximum absolute atomic E-state index is 10.4. The first-order valence-electron chi connectivity index (χ1n) is 10.8. The van der Waals surface area contributed by atoms with Crippen molar-refractivity contribution in [2.75, 3.05) is 13.1 Å². The van der Waals surface area contributed by atoms with Gasteiger partial charge in [-0.1, -0.05) is 62.9 Å². The minimum Gasteiger partial charge on any atom is -0.392 e. The second-order valence-electron chi connectivity index (χ2n) is 8.25. The molecule has 27 heavy (non-hydrogen) atoms. The third kappa shape index (κ3) is 6.51. The van der Waals surface area contributed by atoms with Crippen LogP contribution >= 0.6 is 0 Å². The van der Waals surface area contributed by atoms with Crippen LogP contribution in [0.25, 0.3) is 0 Å². The largest absolute Gasteiger partial charge is 0.392 e. The van der Waals surface area contributed by atoms with E-state index in [-0.39, 0.29) is 6.10 Å². The highest BCUT2D eigenvalue weighted by Gasteiger charge is 2.20. The van der Waals surface area contributed by atoms with Gasteiger partial charge in [0.25, 0.3) is 0 Å². The van der Waals surface area contributed by atoms with Gasteiger partial charge in [0.1, 0.15) is 0 Å². The lowest BCUT2D eigenvalue weighted by atomic mass is 9.89. The van der Waals surface area contributed by atoms with Crippen LogP contribution in [0.1, 0.15) is 63.1 Å². The SMILES string of the molecule is CCC[C@@H](O)CN(Cc1cccn1Cc1ccccc1)CC1CCCCC1. The third-order valence-corrected chi connectivity index (χ3v) is 5.84. The number of hydrogen-bond donors (Lipinski definition) is 1. The summed E-state index contributed by atoms with van der Waals surface area (Å²) in [6.45, 7) is 5.91. The Hall–Kier alpha value is -1.58. The Balaban J connectivity index is 1.66. The number of aromatic nitrogens is 1. The maximum atomic E-state index is 10.4. The molecule has 1 heterocycles. The quantitative estimate of drug-likeness (QED) is 0.633. The van der Waals surface area contributed by atoms with E-state index < -0.39 is 0 Å². The maximum Gasteiger partial charge on any atom is 0.0667 e. The molecule has 1 aromatic heterocycles. The minimum absolute atomic E-state index is 0.212. The van der Waals surface area contributed by atoms with Gasteiger partial charge in [-0.15, -0.1) is 0 Å². The molecule has 0 bridgehead atoms. The van der Waals surface area contributed by atoms with Gasteiger partial charge in [-0.2, -0.15) is 0 Å². The summed E-state index contributed by atoms with van der Waals surface area (Å²) < 4.78 is 2.36. The second-order valence-corrected chi connectivity index (χ2v) is 8.25. The van der Waals surface area contributed by atoms with Crippen molar-refractivity contribution in [2.45, 2.75) is 71.1 Å². The molecule has 1 aliphatic carbocycles. The molecule has 148 valence electrons. The van der Waals surface area contributed by atoms with Crippen LogP contribution < -0.4 is 0 Å². The molecule has 1 saturated carbocycles. The van der Waals surface area contributed by atoms with Gasteiger partial charge >= 0.3 is 0 Å². The van der Waals surface area contributed by atoms with E-state index in [2.05, 4.69) is 65.1 Å². The highest BCUT2D eigenvalue weighted by molar-refractivity contribution is 5.17. The van der Waals surface area contributed by atoms with Crippen LogP contribution in [-0.4, -0.2) is 33.8 Å². The lowest BCUT2D eigenvalue weighted by Gasteiger charge is -2.31. The zero-order chi connectivity index (χ0) is 18.9. The molecule has 0 aliphatic heterocycles. The van der Waals surface area contributed by atoms with Crippen LogP contribution in [0.5, 0.6) is 0 Å². The van der Waals surface area contributed by atoms with Crippen molar-refractivity contribution in [2.24, 2.45) is 5.92 Å². The Labute approximate surface area is 165 Å². The smallest absolute Gasteiger partial charge is 0.0667 e. The fourth-order valence-electron chi connectivity index (χ4n) is 4.42. The molecule has 1 atom stereocenters. The van der Waals surface area contributed by atoms with Crippen molar-refractivity contribution in [3.05, 3.63) is 59.9 Å². The van der Waals surface area contributed by atoms with Crippen molar-refractivity contribution in [3.8, 4) is 0 Å². The average Bonchev–Trinajstić information content (AvgIpc) is 3.10. The summed E-state index contributed by atoms with van der Waals surface area (Å²) in [4.78, 5) is 2.51. The van der Waals surface area contributed by atoms with Gasteiger partial charge in [-0.05, 0) is 42.9 Å². The molecular weight excluding hydrogens is 332 g/mol. The monoisotopic (exact) mass is 368 g/mol. The highest BCUT2D eigenvalue weighted by atomic mass is 16.3. The Morgan fingerprint density at radius 1 is 1.07 bits per heavy atom. The van der Waals surface area contributed by atoms with Crippen LogP contribution in [0.3, 0.4) is 0 Å². The van der Waals surface area contributed by atoms with Crippen molar-refractivity contribution in [3.63, 3.8) is 0 Å². The van der Waals surface area contributed by atoms with Gasteiger partial charge in [0, 0.05) is 38.1 Å². The molecule has 1 aliphatic rings. The van der Waals surface area contributed by atoms with Gasteiger partial charge < -0.3 is 9.67 Å². The van der Waals surface area contributed by atoms with Crippen LogP contribution in [0, 0.1) is 5.92 Å². The summed E-state index contributed by atoms with van der Waals surface area (Å²) in [6, 6.07) is 15.1. The van der Waals surface area contributed by atoms with Crippen molar-refractivity contribution < 1.29 is 5.11 Å². The average molecular weight is 369 g/mol. The Morgan fingerprint density at radius 3 is 2.59 bits per heavy atom. The second kappa shape index (κ2) is 10.7. The van der Waals surface area contributed by atoms with Crippen LogP contribution in [0.15, 0.2) is 48.7 Å². The molecule has 0 amide bonds. The predicted molar refractivity (Wildman–Crippen MR) is 113 cm³/mol. The van der Waals surface area contributed by atoms with E-state index in [0.717, 1.165) is 44.9 Å². The summed E-state index contributed by atoms with van der Waals surface area (Å²) in [5.74, 6) is 0.796. The molecule has 3 rings (SSSR count). The highest BCUT2D eigenvalue weighted by Crippen LogP contribution is 2.25. The van der Waals surface area contributed by atoms with E-state index in [1.165, 1.54) is 43.4 Å². The summed E-state index contributed by atoms with van der Waals surface area (Å²) in [6.07, 6.45) is 10.8. The fourth-order valence-corrected chi connectivity index (χ4v) is 4.42. The molecule has 3 nitrogen and oxygen atoms in total. The molecule has 0 radical (unpaired) electrons. The van der Waals surface area contributed by atoms with E-state index in [1.807, 2.05) is 0 Å². The number of benzene rings is 1. The van der Waals surface area contributed by atoms with Gasteiger partial charge in [-0.25, -0.2) is 0 Å². The van der Waals surface area contributed by atoms with Crippen LogP contribution in [-0.2, 0) is 13.1 Å². The summed E-state index contributed by atoms with van der Waals surface area (Å²) in [7, 11) is 0. The zero-order valence-electron chi connectivity index (χ0n) is 16.9. The van der Waals surface area contributed by atoms with Gasteiger partial charge in [0.05, 0.1) is 6.10 Å². The fraction of sp³-hybridized carbons (Fsp3) is 0.583. The zero-order valence-corrected chi connectivity index (χ0v) is 16.9. The van der Waals surface area contributed by atoms with Crippen molar-refractivity contribution >= 4 is 0 Å². The van der Waals surface area contributed by atoms with Gasteiger partial charge in [0.15, 0.2) is 0 Å². The molecule has 3 heteroatoms. The Bertz CT molecular complexity index is 645. The lowest BCUT2D eigenvalue weighted by molar-refractivity contribution is 0.0853. The van der Waals surface area contributed by atoms with E-state index in [9.17, 15) is 5.11 Å². The molecule has 2 aromatic rings. The first-order valence-corrected chi connectivity index (χ1v) is 10.8. The topological polar surface area (TPSA) is 28.4 Å². The van der Waals surface area contributed by atoms with Crippen LogP contribution in [0.2, 0.25) is 0 Å². The predicted octanol–water partition coefficient (Wildman–Crippen LogP) is 5.08. The lowest BCUT2D eigenvalue weighted by Crippen LogP contribution is -2.36. The number of aliphatic hydroxyl groups is 1. The third-order valence-electron chi connectivity index (χ3n) is 5.84. The number of nitrogens with zero attached hydrogens (tertiary/aromatic N) is 2. The Kier molecular flexibility index (Phi) is 7.97. The Morgan fingerprint density at radius 2 is 1.85 bits per heavy atom. The summed E-state index contributed by atoms with van der Waals surface area (Å²) in [5.41, 5.74) is 2.68. The van der Waals surface area contributed by atoms with E-state index in [0.29, 0.717) is 0 Å². The normalized spacial score (nSPS) is 16.7. The van der Waals surface area contributed by atoms with E-state index in [1.54, 1.807) is 0 Å². The summed E-state index contributed by atoms with van der Waals surface area (Å²) >= 11 is 0. The molecule has 1 N–H and O–H groups in total.